The Morgan fingerprint density at radius 3 is 2.65 bits per heavy atom. The van der Waals surface area contributed by atoms with Crippen molar-refractivity contribution in [1.29, 1.82) is 0 Å². The number of alkyl halides is 3. The second-order valence-electron chi connectivity index (χ2n) is 5.03. The number of likely N-dealkylation sites (tertiary alicyclic amines) is 1. The zero-order valence-corrected chi connectivity index (χ0v) is 10.1. The molecule has 2 saturated heterocycles. The summed E-state index contributed by atoms with van der Waals surface area (Å²) in [6, 6.07) is -1.02. The maximum Gasteiger partial charge on any atom is 0.405 e. The summed E-state index contributed by atoms with van der Waals surface area (Å²) < 4.78 is 38.6. The molecule has 0 aromatic carbocycles. The highest BCUT2D eigenvalue weighted by atomic mass is 19.4. The number of piperazine rings is 1. The molecule has 2 heterocycles. The van der Waals surface area contributed by atoms with Crippen molar-refractivity contribution < 1.29 is 13.2 Å². The summed E-state index contributed by atoms with van der Waals surface area (Å²) in [5.74, 6) is 0. The molecule has 6 heteroatoms. The van der Waals surface area contributed by atoms with Crippen LogP contribution in [0, 0.1) is 0 Å². The SMILES string of the molecule is CN1CCCC1CN1CCNCC1C(F)(F)F. The van der Waals surface area contributed by atoms with Crippen LogP contribution in [-0.4, -0.2) is 67.8 Å². The topological polar surface area (TPSA) is 18.5 Å². The molecule has 0 aromatic heterocycles. The Morgan fingerprint density at radius 1 is 1.29 bits per heavy atom. The summed E-state index contributed by atoms with van der Waals surface area (Å²) >= 11 is 0. The molecule has 2 unspecified atom stereocenters. The Labute approximate surface area is 99.9 Å². The van der Waals surface area contributed by atoms with E-state index < -0.39 is 12.2 Å². The first-order valence-electron chi connectivity index (χ1n) is 6.20. The van der Waals surface area contributed by atoms with E-state index in [0.717, 1.165) is 19.4 Å². The maximum absolute atomic E-state index is 12.9. The van der Waals surface area contributed by atoms with Crippen LogP contribution in [0.2, 0.25) is 0 Å². The molecule has 100 valence electrons. The highest BCUT2D eigenvalue weighted by Gasteiger charge is 2.45. The minimum Gasteiger partial charge on any atom is -0.314 e. The predicted octanol–water partition coefficient (Wildman–Crippen LogP) is 0.917. The van der Waals surface area contributed by atoms with Gasteiger partial charge in [-0.1, -0.05) is 0 Å². The summed E-state index contributed by atoms with van der Waals surface area (Å²) in [5.41, 5.74) is 0. The van der Waals surface area contributed by atoms with Gasteiger partial charge in [-0.05, 0) is 26.4 Å². The van der Waals surface area contributed by atoms with Crippen molar-refractivity contribution >= 4 is 0 Å². The van der Waals surface area contributed by atoms with Gasteiger partial charge in [0.2, 0.25) is 0 Å². The van der Waals surface area contributed by atoms with Gasteiger partial charge in [0, 0.05) is 32.2 Å². The highest BCUT2D eigenvalue weighted by Crippen LogP contribution is 2.27. The van der Waals surface area contributed by atoms with Gasteiger partial charge >= 0.3 is 6.18 Å². The average molecular weight is 251 g/mol. The lowest BCUT2D eigenvalue weighted by Crippen LogP contribution is -2.59. The number of halogens is 3. The van der Waals surface area contributed by atoms with Crippen LogP contribution in [0.1, 0.15) is 12.8 Å². The van der Waals surface area contributed by atoms with Crippen LogP contribution < -0.4 is 5.32 Å². The van der Waals surface area contributed by atoms with Crippen LogP contribution in [-0.2, 0) is 0 Å². The van der Waals surface area contributed by atoms with Crippen molar-refractivity contribution in [3.8, 4) is 0 Å². The van der Waals surface area contributed by atoms with Gasteiger partial charge in [0.15, 0.2) is 0 Å². The van der Waals surface area contributed by atoms with Gasteiger partial charge in [-0.25, -0.2) is 0 Å². The van der Waals surface area contributed by atoms with Crippen molar-refractivity contribution in [2.45, 2.75) is 31.1 Å². The third-order valence-electron chi connectivity index (χ3n) is 3.85. The number of hydrogen-bond acceptors (Lipinski definition) is 3. The van der Waals surface area contributed by atoms with Gasteiger partial charge < -0.3 is 10.2 Å². The average Bonchev–Trinajstić information content (AvgIpc) is 2.64. The fourth-order valence-corrected chi connectivity index (χ4v) is 2.77. The molecule has 0 bridgehead atoms. The fraction of sp³-hybridized carbons (Fsp3) is 1.00. The molecule has 2 rings (SSSR count). The van der Waals surface area contributed by atoms with Crippen LogP contribution in [0.3, 0.4) is 0 Å². The van der Waals surface area contributed by atoms with Crippen molar-refractivity contribution in [1.82, 2.24) is 15.1 Å². The Kier molecular flexibility index (Phi) is 3.95. The second-order valence-corrected chi connectivity index (χ2v) is 5.03. The second kappa shape index (κ2) is 5.12. The Hall–Kier alpha value is -0.330. The number of hydrogen-bond donors (Lipinski definition) is 1. The smallest absolute Gasteiger partial charge is 0.314 e. The van der Waals surface area contributed by atoms with Crippen molar-refractivity contribution in [2.24, 2.45) is 0 Å². The van der Waals surface area contributed by atoms with Crippen molar-refractivity contribution in [3.63, 3.8) is 0 Å². The largest absolute Gasteiger partial charge is 0.405 e. The van der Waals surface area contributed by atoms with Crippen LogP contribution in [0.4, 0.5) is 13.2 Å². The maximum atomic E-state index is 12.9. The van der Waals surface area contributed by atoms with E-state index in [9.17, 15) is 13.2 Å². The first-order chi connectivity index (χ1) is 7.98. The summed E-state index contributed by atoms with van der Waals surface area (Å²) in [5, 5.41) is 2.83. The third-order valence-corrected chi connectivity index (χ3v) is 3.85. The minimum atomic E-state index is -4.12. The lowest BCUT2D eigenvalue weighted by Gasteiger charge is -2.39. The summed E-state index contributed by atoms with van der Waals surface area (Å²) in [4.78, 5) is 3.78. The molecule has 1 N–H and O–H groups in total. The monoisotopic (exact) mass is 251 g/mol. The van der Waals surface area contributed by atoms with Gasteiger partial charge in [-0.3, -0.25) is 4.90 Å². The molecule has 3 nitrogen and oxygen atoms in total. The molecule has 0 spiro atoms. The van der Waals surface area contributed by atoms with E-state index in [1.54, 1.807) is 4.90 Å². The normalized spacial score (nSPS) is 33.2. The van der Waals surface area contributed by atoms with Crippen LogP contribution in [0.25, 0.3) is 0 Å². The quantitative estimate of drug-likeness (QED) is 0.787. The van der Waals surface area contributed by atoms with Crippen molar-refractivity contribution in [3.05, 3.63) is 0 Å². The minimum absolute atomic E-state index is 0.0277. The molecule has 0 aliphatic carbocycles. The molecule has 2 atom stereocenters. The molecule has 2 aliphatic rings. The molecule has 0 saturated carbocycles. The van der Waals surface area contributed by atoms with Gasteiger partial charge in [0.1, 0.15) is 6.04 Å². The Morgan fingerprint density at radius 2 is 2.06 bits per heavy atom. The molecule has 0 radical (unpaired) electrons. The molecule has 0 aromatic rings. The third kappa shape index (κ3) is 3.11. The van der Waals surface area contributed by atoms with Gasteiger partial charge in [-0.15, -0.1) is 0 Å². The number of rotatable bonds is 2. The van der Waals surface area contributed by atoms with Crippen molar-refractivity contribution in [2.75, 3.05) is 39.8 Å². The van der Waals surface area contributed by atoms with E-state index in [1.807, 2.05) is 7.05 Å². The van der Waals surface area contributed by atoms with E-state index in [2.05, 4.69) is 10.2 Å². The van der Waals surface area contributed by atoms with E-state index >= 15 is 0 Å². The van der Waals surface area contributed by atoms with Crippen LogP contribution >= 0.6 is 0 Å². The molecule has 17 heavy (non-hydrogen) atoms. The van der Waals surface area contributed by atoms with Crippen LogP contribution in [0.15, 0.2) is 0 Å². The highest BCUT2D eigenvalue weighted by molar-refractivity contribution is 4.89. The lowest BCUT2D eigenvalue weighted by atomic mass is 10.1. The van der Waals surface area contributed by atoms with E-state index in [0.29, 0.717) is 19.6 Å². The number of likely N-dealkylation sites (N-methyl/N-ethyl adjacent to an activating group) is 1. The molecular formula is C11H20F3N3. The molecular weight excluding hydrogens is 231 g/mol. The van der Waals surface area contributed by atoms with E-state index in [4.69, 9.17) is 0 Å². The standard InChI is InChI=1S/C11H20F3N3/c1-16-5-2-3-9(16)8-17-6-4-15-7-10(17)11(12,13)14/h9-10,15H,2-8H2,1H3. The van der Waals surface area contributed by atoms with Gasteiger partial charge in [0.25, 0.3) is 0 Å². The van der Waals surface area contributed by atoms with E-state index in [1.165, 1.54) is 0 Å². The van der Waals surface area contributed by atoms with Gasteiger partial charge in [-0.2, -0.15) is 13.2 Å². The first-order valence-corrected chi connectivity index (χ1v) is 6.20. The molecule has 0 amide bonds. The van der Waals surface area contributed by atoms with E-state index in [-0.39, 0.29) is 12.6 Å². The van der Waals surface area contributed by atoms with Crippen LogP contribution in [0.5, 0.6) is 0 Å². The Balaban J connectivity index is 1.96. The number of nitrogens with zero attached hydrogens (tertiary/aromatic N) is 2. The lowest BCUT2D eigenvalue weighted by molar-refractivity contribution is -0.188. The Bertz CT molecular complexity index is 257. The number of nitrogens with one attached hydrogen (secondary N) is 1. The first kappa shape index (κ1) is 13.1. The fourth-order valence-electron chi connectivity index (χ4n) is 2.77. The zero-order chi connectivity index (χ0) is 12.5. The summed E-state index contributed by atoms with van der Waals surface area (Å²) in [6.45, 7) is 2.73. The summed E-state index contributed by atoms with van der Waals surface area (Å²) in [6.07, 6.45) is -2.00. The predicted molar refractivity (Wildman–Crippen MR) is 59.9 cm³/mol. The summed E-state index contributed by atoms with van der Waals surface area (Å²) in [7, 11) is 2.00. The molecule has 2 aliphatic heterocycles. The molecule has 2 fully saturated rings. The zero-order valence-electron chi connectivity index (χ0n) is 10.1. The van der Waals surface area contributed by atoms with Gasteiger partial charge in [0.05, 0.1) is 0 Å².